The maximum Gasteiger partial charge on any atom is 0.139 e. The van der Waals surface area contributed by atoms with E-state index in [1.54, 1.807) is 18.7 Å². The van der Waals surface area contributed by atoms with Crippen molar-refractivity contribution in [3.05, 3.63) is 24.8 Å². The Morgan fingerprint density at radius 1 is 1.23 bits per heavy atom. The number of hydrogen-bond acceptors (Lipinski definition) is 4. The van der Waals surface area contributed by atoms with Gasteiger partial charge < -0.3 is 4.90 Å². The van der Waals surface area contributed by atoms with Crippen LogP contribution in [-0.4, -0.2) is 29.0 Å². The summed E-state index contributed by atoms with van der Waals surface area (Å²) >= 11 is 0. The summed E-state index contributed by atoms with van der Waals surface area (Å²) in [6, 6.07) is 1.92. The van der Waals surface area contributed by atoms with Gasteiger partial charge in [-0.25, -0.2) is 9.97 Å². The molecule has 2 aromatic heterocycles. The van der Waals surface area contributed by atoms with E-state index in [0.29, 0.717) is 0 Å². The molecule has 0 bridgehead atoms. The molecule has 0 aliphatic carbocycles. The Morgan fingerprint density at radius 3 is 2.85 bits per heavy atom. The second-order valence-electron chi connectivity index (χ2n) is 2.98. The van der Waals surface area contributed by atoms with Gasteiger partial charge in [0, 0.05) is 25.7 Å². The van der Waals surface area contributed by atoms with Gasteiger partial charge in [0.15, 0.2) is 0 Å². The molecule has 4 nitrogen and oxygen atoms in total. The molecule has 0 amide bonds. The van der Waals surface area contributed by atoms with E-state index in [9.17, 15) is 0 Å². The van der Waals surface area contributed by atoms with Crippen molar-refractivity contribution in [3.8, 4) is 0 Å². The molecule has 0 unspecified atom stereocenters. The van der Waals surface area contributed by atoms with Gasteiger partial charge in [0.1, 0.15) is 12.1 Å². The van der Waals surface area contributed by atoms with Crippen molar-refractivity contribution in [2.45, 2.75) is 0 Å². The Kier molecular flexibility index (Phi) is 1.81. The van der Waals surface area contributed by atoms with E-state index in [1.165, 1.54) is 0 Å². The van der Waals surface area contributed by atoms with Gasteiger partial charge >= 0.3 is 0 Å². The third-order valence-corrected chi connectivity index (χ3v) is 1.84. The van der Waals surface area contributed by atoms with Gasteiger partial charge in [-0.1, -0.05) is 0 Å². The lowest BCUT2D eigenvalue weighted by atomic mass is 10.3. The van der Waals surface area contributed by atoms with Crippen molar-refractivity contribution in [2.24, 2.45) is 0 Å². The third-order valence-electron chi connectivity index (χ3n) is 1.84. The smallest absolute Gasteiger partial charge is 0.139 e. The van der Waals surface area contributed by atoms with Gasteiger partial charge in [0.05, 0.1) is 11.7 Å². The average molecular weight is 174 g/mol. The van der Waals surface area contributed by atoms with E-state index in [1.807, 2.05) is 25.1 Å². The highest BCUT2D eigenvalue weighted by molar-refractivity contribution is 5.88. The predicted octanol–water partition coefficient (Wildman–Crippen LogP) is 1.09. The molecule has 13 heavy (non-hydrogen) atoms. The van der Waals surface area contributed by atoms with Crippen molar-refractivity contribution in [1.82, 2.24) is 15.0 Å². The number of pyridine rings is 1. The fourth-order valence-corrected chi connectivity index (χ4v) is 1.25. The van der Waals surface area contributed by atoms with Crippen LogP contribution in [0.15, 0.2) is 24.8 Å². The summed E-state index contributed by atoms with van der Waals surface area (Å²) in [7, 11) is 3.92. The van der Waals surface area contributed by atoms with E-state index < -0.39 is 0 Å². The first-order valence-electron chi connectivity index (χ1n) is 4.01. The Bertz CT molecular complexity index is 419. The first-order chi connectivity index (χ1) is 6.29. The first kappa shape index (κ1) is 7.91. The van der Waals surface area contributed by atoms with Gasteiger partial charge in [-0.3, -0.25) is 4.98 Å². The predicted molar refractivity (Wildman–Crippen MR) is 51.7 cm³/mol. The summed E-state index contributed by atoms with van der Waals surface area (Å²) < 4.78 is 0. The molecule has 0 saturated heterocycles. The standard InChI is InChI=1S/C9H10N4/c1-13(2)9-7-3-4-10-5-8(7)11-6-12-9/h3-6H,1-2H3. The van der Waals surface area contributed by atoms with Crippen molar-refractivity contribution < 1.29 is 0 Å². The molecular weight excluding hydrogens is 164 g/mol. The molecule has 66 valence electrons. The van der Waals surface area contributed by atoms with E-state index >= 15 is 0 Å². The molecule has 0 fully saturated rings. The average Bonchev–Trinajstić information content (AvgIpc) is 2.17. The molecule has 0 aliphatic rings. The Hall–Kier alpha value is -1.71. The van der Waals surface area contributed by atoms with Crippen LogP contribution in [0.5, 0.6) is 0 Å². The van der Waals surface area contributed by atoms with Crippen LogP contribution in [0, 0.1) is 0 Å². The van der Waals surface area contributed by atoms with Crippen molar-refractivity contribution in [2.75, 3.05) is 19.0 Å². The molecule has 0 saturated carbocycles. The van der Waals surface area contributed by atoms with E-state index in [4.69, 9.17) is 0 Å². The summed E-state index contributed by atoms with van der Waals surface area (Å²) in [5.41, 5.74) is 0.876. The number of fused-ring (bicyclic) bond motifs is 1. The molecule has 2 rings (SSSR count). The quantitative estimate of drug-likeness (QED) is 0.649. The lowest BCUT2D eigenvalue weighted by Gasteiger charge is -2.12. The molecule has 0 N–H and O–H groups in total. The summed E-state index contributed by atoms with van der Waals surface area (Å²) in [6.45, 7) is 0. The zero-order valence-electron chi connectivity index (χ0n) is 7.60. The number of hydrogen-bond donors (Lipinski definition) is 0. The Labute approximate surface area is 76.3 Å². The van der Waals surface area contributed by atoms with Crippen LogP contribution in [0.1, 0.15) is 0 Å². The maximum atomic E-state index is 4.19. The molecule has 0 aliphatic heterocycles. The molecule has 2 aromatic rings. The second-order valence-corrected chi connectivity index (χ2v) is 2.98. The van der Waals surface area contributed by atoms with Crippen LogP contribution in [0.2, 0.25) is 0 Å². The highest BCUT2D eigenvalue weighted by Crippen LogP contribution is 2.18. The molecule has 2 heterocycles. The van der Waals surface area contributed by atoms with Gasteiger partial charge in [-0.05, 0) is 6.07 Å². The zero-order chi connectivity index (χ0) is 9.26. The van der Waals surface area contributed by atoms with Crippen molar-refractivity contribution in [3.63, 3.8) is 0 Å². The van der Waals surface area contributed by atoms with E-state index in [0.717, 1.165) is 16.7 Å². The van der Waals surface area contributed by atoms with Gasteiger partial charge in [0.25, 0.3) is 0 Å². The molecule has 4 heteroatoms. The number of rotatable bonds is 1. The topological polar surface area (TPSA) is 41.9 Å². The molecular formula is C9H10N4. The van der Waals surface area contributed by atoms with Gasteiger partial charge in [-0.2, -0.15) is 0 Å². The van der Waals surface area contributed by atoms with Crippen molar-refractivity contribution >= 4 is 16.7 Å². The number of anilines is 1. The van der Waals surface area contributed by atoms with Crippen LogP contribution in [0.3, 0.4) is 0 Å². The highest BCUT2D eigenvalue weighted by atomic mass is 15.1. The van der Waals surface area contributed by atoms with Gasteiger partial charge in [-0.15, -0.1) is 0 Å². The van der Waals surface area contributed by atoms with E-state index in [2.05, 4.69) is 15.0 Å². The number of aromatic nitrogens is 3. The summed E-state index contributed by atoms with van der Waals surface area (Å²) in [4.78, 5) is 14.3. The maximum absolute atomic E-state index is 4.19. The van der Waals surface area contributed by atoms with Crippen LogP contribution in [0.4, 0.5) is 5.82 Å². The minimum Gasteiger partial charge on any atom is -0.362 e. The highest BCUT2D eigenvalue weighted by Gasteiger charge is 2.03. The second kappa shape index (κ2) is 2.97. The fraction of sp³-hybridized carbons (Fsp3) is 0.222. The minimum atomic E-state index is 0.876. The molecule has 0 atom stereocenters. The SMILES string of the molecule is CN(C)c1ncnc2cnccc12. The summed E-state index contributed by atoms with van der Waals surface area (Å²) in [6.07, 6.45) is 5.04. The van der Waals surface area contributed by atoms with Crippen LogP contribution in [0.25, 0.3) is 10.9 Å². The van der Waals surface area contributed by atoms with Gasteiger partial charge in [0.2, 0.25) is 0 Å². The first-order valence-corrected chi connectivity index (χ1v) is 4.01. The molecule has 0 radical (unpaired) electrons. The lowest BCUT2D eigenvalue weighted by molar-refractivity contribution is 1.06. The third kappa shape index (κ3) is 1.30. The Morgan fingerprint density at radius 2 is 2.08 bits per heavy atom. The molecule has 0 spiro atoms. The summed E-state index contributed by atoms with van der Waals surface area (Å²) in [5.74, 6) is 0.924. The normalized spacial score (nSPS) is 10.3. The fourth-order valence-electron chi connectivity index (χ4n) is 1.25. The van der Waals surface area contributed by atoms with Crippen LogP contribution in [-0.2, 0) is 0 Å². The minimum absolute atomic E-state index is 0.876. The number of nitrogens with zero attached hydrogens (tertiary/aromatic N) is 4. The monoisotopic (exact) mass is 174 g/mol. The van der Waals surface area contributed by atoms with Crippen molar-refractivity contribution in [1.29, 1.82) is 0 Å². The van der Waals surface area contributed by atoms with E-state index in [-0.39, 0.29) is 0 Å². The molecule has 0 aromatic carbocycles. The Balaban J connectivity index is 2.76. The lowest BCUT2D eigenvalue weighted by Crippen LogP contribution is -2.11. The van der Waals surface area contributed by atoms with Crippen LogP contribution < -0.4 is 4.90 Å². The summed E-state index contributed by atoms with van der Waals surface area (Å²) in [5, 5.41) is 1.03. The van der Waals surface area contributed by atoms with Crippen LogP contribution >= 0.6 is 0 Å². The largest absolute Gasteiger partial charge is 0.362 e. The zero-order valence-corrected chi connectivity index (χ0v) is 7.60.